The van der Waals surface area contributed by atoms with Gasteiger partial charge in [0.05, 0.1) is 13.0 Å². The summed E-state index contributed by atoms with van der Waals surface area (Å²) in [7, 11) is 0. The Hall–Kier alpha value is -2.53. The molecule has 1 N–H and O–H groups in total. The van der Waals surface area contributed by atoms with Gasteiger partial charge in [-0.25, -0.2) is 4.79 Å². The van der Waals surface area contributed by atoms with Crippen molar-refractivity contribution in [3.63, 3.8) is 0 Å². The van der Waals surface area contributed by atoms with E-state index >= 15 is 0 Å². The number of esters is 1. The number of carbonyl (C=O) groups excluding carboxylic acids is 2. The van der Waals surface area contributed by atoms with E-state index in [2.05, 4.69) is 5.32 Å². The standard InChI is InChI=1S/C20H23ClN2O3/c1-2-26-19(24)13-15-23(14-12-16-6-4-3-5-7-16)20(25)22-18-10-8-17(21)9-11-18/h3-11H,2,12-15H2,1H3,(H,22,25). The predicted molar refractivity (Wildman–Crippen MR) is 103 cm³/mol. The van der Waals surface area contributed by atoms with E-state index in [1.807, 2.05) is 30.3 Å². The fraction of sp³-hybridized carbons (Fsp3) is 0.300. The van der Waals surface area contributed by atoms with Crippen LogP contribution >= 0.6 is 11.6 Å². The van der Waals surface area contributed by atoms with Gasteiger partial charge in [-0.1, -0.05) is 41.9 Å². The number of benzene rings is 2. The van der Waals surface area contributed by atoms with Gasteiger partial charge in [-0.15, -0.1) is 0 Å². The van der Waals surface area contributed by atoms with Crippen molar-refractivity contribution in [2.45, 2.75) is 19.8 Å². The summed E-state index contributed by atoms with van der Waals surface area (Å²) in [6.07, 6.45) is 0.869. The zero-order chi connectivity index (χ0) is 18.8. The van der Waals surface area contributed by atoms with Crippen LogP contribution in [0, 0.1) is 0 Å². The normalized spacial score (nSPS) is 10.2. The second-order valence-corrected chi connectivity index (χ2v) is 6.15. The number of hydrogen-bond donors (Lipinski definition) is 1. The Balaban J connectivity index is 1.98. The minimum Gasteiger partial charge on any atom is -0.466 e. The Morgan fingerprint density at radius 2 is 1.73 bits per heavy atom. The Kier molecular flexibility index (Phi) is 7.96. The minimum atomic E-state index is -0.309. The lowest BCUT2D eigenvalue weighted by Gasteiger charge is -2.23. The molecule has 0 spiro atoms. The fourth-order valence-electron chi connectivity index (χ4n) is 2.42. The van der Waals surface area contributed by atoms with Crippen molar-refractivity contribution >= 4 is 29.3 Å². The van der Waals surface area contributed by atoms with Crippen molar-refractivity contribution in [2.75, 3.05) is 25.0 Å². The highest BCUT2D eigenvalue weighted by Gasteiger charge is 2.16. The van der Waals surface area contributed by atoms with E-state index in [-0.39, 0.29) is 18.4 Å². The van der Waals surface area contributed by atoms with Crippen LogP contribution in [0.5, 0.6) is 0 Å². The SMILES string of the molecule is CCOC(=O)CCN(CCc1ccccc1)C(=O)Nc1ccc(Cl)cc1. The number of carbonyl (C=O) groups is 2. The number of nitrogens with zero attached hydrogens (tertiary/aromatic N) is 1. The quantitative estimate of drug-likeness (QED) is 0.698. The number of halogens is 1. The van der Waals surface area contributed by atoms with Crippen LogP contribution in [0.3, 0.4) is 0 Å². The Morgan fingerprint density at radius 1 is 1.04 bits per heavy atom. The third-order valence-electron chi connectivity index (χ3n) is 3.79. The van der Waals surface area contributed by atoms with E-state index in [4.69, 9.17) is 16.3 Å². The van der Waals surface area contributed by atoms with Gasteiger partial charge in [0.25, 0.3) is 0 Å². The van der Waals surface area contributed by atoms with Gasteiger partial charge in [0, 0.05) is 23.8 Å². The fourth-order valence-corrected chi connectivity index (χ4v) is 2.54. The van der Waals surface area contributed by atoms with Gasteiger partial charge in [0.1, 0.15) is 0 Å². The molecular weight excluding hydrogens is 352 g/mol. The van der Waals surface area contributed by atoms with Gasteiger partial charge in [-0.3, -0.25) is 4.79 Å². The molecule has 0 radical (unpaired) electrons. The summed E-state index contributed by atoms with van der Waals surface area (Å²) >= 11 is 5.87. The molecule has 0 aliphatic heterocycles. The van der Waals surface area contributed by atoms with E-state index in [9.17, 15) is 9.59 Å². The third-order valence-corrected chi connectivity index (χ3v) is 4.04. The molecule has 0 unspecified atom stereocenters. The molecule has 0 aliphatic rings. The van der Waals surface area contributed by atoms with Crippen LogP contribution in [0.4, 0.5) is 10.5 Å². The van der Waals surface area contributed by atoms with Crippen LogP contribution in [0.25, 0.3) is 0 Å². The first-order chi connectivity index (χ1) is 12.6. The molecule has 6 heteroatoms. The lowest BCUT2D eigenvalue weighted by molar-refractivity contribution is -0.143. The van der Waals surface area contributed by atoms with Crippen LogP contribution in [0.1, 0.15) is 18.9 Å². The van der Waals surface area contributed by atoms with Crippen LogP contribution < -0.4 is 5.32 Å². The number of rotatable bonds is 8. The Bertz CT molecular complexity index is 705. The largest absolute Gasteiger partial charge is 0.466 e. The molecule has 2 rings (SSSR count). The van der Waals surface area contributed by atoms with Crippen LogP contribution in [-0.4, -0.2) is 36.6 Å². The van der Waals surface area contributed by atoms with Crippen LogP contribution in [0.15, 0.2) is 54.6 Å². The van der Waals surface area contributed by atoms with Gasteiger partial charge in [-0.05, 0) is 43.2 Å². The molecular formula is C20H23ClN2O3. The lowest BCUT2D eigenvalue weighted by Crippen LogP contribution is -2.38. The highest BCUT2D eigenvalue weighted by molar-refractivity contribution is 6.30. The summed E-state index contributed by atoms with van der Waals surface area (Å²) in [5, 5.41) is 3.44. The number of nitrogens with one attached hydrogen (secondary N) is 1. The first-order valence-electron chi connectivity index (χ1n) is 8.59. The highest BCUT2D eigenvalue weighted by Crippen LogP contribution is 2.14. The van der Waals surface area contributed by atoms with Gasteiger partial charge < -0.3 is 15.0 Å². The van der Waals surface area contributed by atoms with Crippen molar-refractivity contribution in [2.24, 2.45) is 0 Å². The summed E-state index contributed by atoms with van der Waals surface area (Å²) in [5.41, 5.74) is 1.79. The molecule has 0 aliphatic carbocycles. The number of hydrogen-bond acceptors (Lipinski definition) is 3. The monoisotopic (exact) mass is 374 g/mol. The molecule has 0 aromatic heterocycles. The smallest absolute Gasteiger partial charge is 0.321 e. The lowest BCUT2D eigenvalue weighted by atomic mass is 10.1. The zero-order valence-electron chi connectivity index (χ0n) is 14.8. The maximum absolute atomic E-state index is 12.6. The Morgan fingerprint density at radius 3 is 2.38 bits per heavy atom. The summed E-state index contributed by atoms with van der Waals surface area (Å²) in [6, 6.07) is 16.6. The maximum atomic E-state index is 12.6. The van der Waals surface area contributed by atoms with Gasteiger partial charge >= 0.3 is 12.0 Å². The molecule has 0 fully saturated rings. The molecule has 0 saturated heterocycles. The van der Waals surface area contributed by atoms with E-state index in [1.165, 1.54) is 0 Å². The average Bonchev–Trinajstić information content (AvgIpc) is 2.64. The van der Waals surface area contributed by atoms with E-state index < -0.39 is 0 Å². The summed E-state index contributed by atoms with van der Waals surface area (Å²) in [5.74, 6) is -0.309. The second-order valence-electron chi connectivity index (χ2n) is 5.71. The third kappa shape index (κ3) is 6.76. The van der Waals surface area contributed by atoms with Crippen molar-refractivity contribution in [3.05, 3.63) is 65.2 Å². The molecule has 0 heterocycles. The molecule has 5 nitrogen and oxygen atoms in total. The van der Waals surface area contributed by atoms with Gasteiger partial charge in [-0.2, -0.15) is 0 Å². The molecule has 2 aromatic rings. The van der Waals surface area contributed by atoms with Crippen molar-refractivity contribution in [3.8, 4) is 0 Å². The average molecular weight is 375 g/mol. The summed E-state index contributed by atoms with van der Waals surface area (Å²) in [6.45, 7) is 2.89. The molecule has 26 heavy (non-hydrogen) atoms. The maximum Gasteiger partial charge on any atom is 0.321 e. The number of ether oxygens (including phenoxy) is 1. The van der Waals surface area contributed by atoms with E-state index in [0.717, 1.165) is 5.56 Å². The number of anilines is 1. The molecule has 0 atom stereocenters. The highest BCUT2D eigenvalue weighted by atomic mass is 35.5. The van der Waals surface area contributed by atoms with E-state index in [0.29, 0.717) is 36.8 Å². The minimum absolute atomic E-state index is 0.163. The van der Waals surface area contributed by atoms with E-state index in [1.54, 1.807) is 36.1 Å². The van der Waals surface area contributed by atoms with Gasteiger partial charge in [0.15, 0.2) is 0 Å². The zero-order valence-corrected chi connectivity index (χ0v) is 15.5. The molecule has 2 amide bonds. The number of amides is 2. The van der Waals surface area contributed by atoms with Crippen molar-refractivity contribution < 1.29 is 14.3 Å². The second kappa shape index (κ2) is 10.5. The molecule has 0 bridgehead atoms. The molecule has 2 aromatic carbocycles. The summed E-state index contributed by atoms with van der Waals surface area (Å²) < 4.78 is 4.95. The van der Waals surface area contributed by atoms with Crippen LogP contribution in [-0.2, 0) is 16.0 Å². The molecule has 0 saturated carbocycles. The molecule has 138 valence electrons. The first kappa shape index (κ1) is 19.8. The first-order valence-corrected chi connectivity index (χ1v) is 8.97. The summed E-state index contributed by atoms with van der Waals surface area (Å²) in [4.78, 5) is 25.9. The topological polar surface area (TPSA) is 58.6 Å². The van der Waals surface area contributed by atoms with Gasteiger partial charge in [0.2, 0.25) is 0 Å². The van der Waals surface area contributed by atoms with Crippen molar-refractivity contribution in [1.29, 1.82) is 0 Å². The van der Waals surface area contributed by atoms with Crippen LogP contribution in [0.2, 0.25) is 5.02 Å². The predicted octanol–water partition coefficient (Wildman–Crippen LogP) is 4.37. The Labute approximate surface area is 158 Å². The van der Waals surface area contributed by atoms with Crippen molar-refractivity contribution in [1.82, 2.24) is 4.90 Å². The number of urea groups is 1.